The predicted molar refractivity (Wildman–Crippen MR) is 123 cm³/mol. The van der Waals surface area contributed by atoms with Gasteiger partial charge >= 0.3 is 5.97 Å². The zero-order chi connectivity index (χ0) is 23.6. The molecule has 1 saturated heterocycles. The molecular weight excluding hydrogens is 432 g/mol. The second-order valence-electron chi connectivity index (χ2n) is 10.5. The van der Waals surface area contributed by atoms with Gasteiger partial charge in [0.05, 0.1) is 24.0 Å². The minimum atomic E-state index is -0.384. The maximum Gasteiger partial charge on any atom is 0.338 e. The molecule has 34 heavy (non-hydrogen) atoms. The van der Waals surface area contributed by atoms with E-state index >= 15 is 0 Å². The molecule has 3 saturated carbocycles. The summed E-state index contributed by atoms with van der Waals surface area (Å²) in [7, 11) is 0. The second kappa shape index (κ2) is 8.07. The van der Waals surface area contributed by atoms with E-state index in [4.69, 9.17) is 4.74 Å². The first-order chi connectivity index (χ1) is 16.5. The van der Waals surface area contributed by atoms with Crippen molar-refractivity contribution >= 4 is 29.4 Å². The van der Waals surface area contributed by atoms with E-state index in [9.17, 15) is 19.2 Å². The van der Waals surface area contributed by atoms with Crippen molar-refractivity contribution < 1.29 is 23.9 Å². The van der Waals surface area contributed by atoms with Crippen LogP contribution in [0.2, 0.25) is 0 Å². The van der Waals surface area contributed by atoms with Crippen LogP contribution in [0.5, 0.6) is 0 Å². The van der Waals surface area contributed by atoms with Crippen LogP contribution < -0.4 is 5.32 Å². The van der Waals surface area contributed by atoms with E-state index < -0.39 is 0 Å². The number of nitrogens with one attached hydrogen (secondary N) is 1. The van der Waals surface area contributed by atoms with Crippen molar-refractivity contribution in [2.24, 2.45) is 41.4 Å². The Hall–Kier alpha value is -2.96. The Labute approximate surface area is 198 Å². The fraction of sp³-hybridized carbons (Fsp3) is 0.556. The van der Waals surface area contributed by atoms with Crippen molar-refractivity contribution in [2.45, 2.75) is 45.1 Å². The summed E-state index contributed by atoms with van der Waals surface area (Å²) in [5.41, 5.74) is 1.08. The number of ether oxygens (including phenoxy) is 1. The van der Waals surface area contributed by atoms with Gasteiger partial charge in [0.25, 0.3) is 0 Å². The minimum Gasteiger partial charge on any atom is -0.462 e. The van der Waals surface area contributed by atoms with Crippen molar-refractivity contribution in [3.8, 4) is 0 Å². The van der Waals surface area contributed by atoms with E-state index in [0.717, 1.165) is 0 Å². The van der Waals surface area contributed by atoms with Gasteiger partial charge in [0, 0.05) is 17.6 Å². The first kappa shape index (κ1) is 21.6. The third-order valence-corrected chi connectivity index (χ3v) is 8.79. The number of carbonyl (C=O) groups is 4. The van der Waals surface area contributed by atoms with Crippen LogP contribution in [-0.2, 0) is 19.1 Å². The maximum absolute atomic E-state index is 13.3. The zero-order valence-corrected chi connectivity index (χ0v) is 19.3. The Morgan fingerprint density at radius 3 is 2.09 bits per heavy atom. The van der Waals surface area contributed by atoms with Gasteiger partial charge in [-0.2, -0.15) is 0 Å². The van der Waals surface area contributed by atoms with Crippen molar-refractivity contribution in [1.29, 1.82) is 0 Å². The highest BCUT2D eigenvalue weighted by molar-refractivity contribution is 6.06. The standard InChI is InChI=1S/C27H30N2O5/c1-2-34-27(33)15-3-7-16(8-4-15)28-24(30)14-5-9-17(10-6-14)29-25(31)22-18-11-12-19(21-13-20(18)21)23(22)26(29)32/h3-4,7-8,11-12,14,17-23H,2,5-6,9-10,13H2,1H3,(H,28,30)/t14?,17?,18-,19-,20-,21+,22-,23+/m0/s1. The van der Waals surface area contributed by atoms with E-state index in [1.165, 1.54) is 6.42 Å². The number of anilines is 1. The number of amides is 3. The average Bonchev–Trinajstić information content (AvgIpc) is 3.63. The lowest BCUT2D eigenvalue weighted by atomic mass is 9.63. The Morgan fingerprint density at radius 2 is 1.53 bits per heavy atom. The molecule has 7 heteroatoms. The molecule has 0 spiro atoms. The molecule has 1 aromatic rings. The number of allylic oxidation sites excluding steroid dienone is 2. The lowest BCUT2D eigenvalue weighted by Gasteiger charge is -2.37. The number of hydrogen-bond donors (Lipinski definition) is 1. The fourth-order valence-corrected chi connectivity index (χ4v) is 7.08. The summed E-state index contributed by atoms with van der Waals surface area (Å²) in [6.45, 7) is 2.07. The largest absolute Gasteiger partial charge is 0.462 e. The van der Waals surface area contributed by atoms with Crippen LogP contribution in [0.3, 0.4) is 0 Å². The molecule has 1 heterocycles. The first-order valence-electron chi connectivity index (χ1n) is 12.6. The van der Waals surface area contributed by atoms with Gasteiger partial charge in [-0.15, -0.1) is 0 Å². The van der Waals surface area contributed by atoms with Crippen LogP contribution in [-0.4, -0.2) is 41.2 Å². The summed E-state index contributed by atoms with van der Waals surface area (Å²) in [5, 5.41) is 2.94. The number of likely N-dealkylation sites (tertiary alicyclic amines) is 1. The summed E-state index contributed by atoms with van der Waals surface area (Å²) in [4.78, 5) is 52.9. The molecule has 4 fully saturated rings. The van der Waals surface area contributed by atoms with Gasteiger partial charge in [0.1, 0.15) is 0 Å². The van der Waals surface area contributed by atoms with E-state index in [-0.39, 0.29) is 59.3 Å². The lowest BCUT2D eigenvalue weighted by molar-refractivity contribution is -0.144. The van der Waals surface area contributed by atoms with Gasteiger partial charge in [-0.1, -0.05) is 12.2 Å². The molecule has 0 aromatic heterocycles. The number of hydrogen-bond acceptors (Lipinski definition) is 5. The summed E-state index contributed by atoms with van der Waals surface area (Å²) in [6.07, 6.45) is 8.23. The van der Waals surface area contributed by atoms with Crippen molar-refractivity contribution in [2.75, 3.05) is 11.9 Å². The van der Waals surface area contributed by atoms with Gasteiger partial charge in [0.2, 0.25) is 17.7 Å². The number of benzene rings is 1. The summed E-state index contributed by atoms with van der Waals surface area (Å²) < 4.78 is 4.98. The molecule has 7 nitrogen and oxygen atoms in total. The summed E-state index contributed by atoms with van der Waals surface area (Å²) in [5.74, 6) is 0.901. The number of carbonyl (C=O) groups excluding carboxylic acids is 4. The number of esters is 1. The molecule has 178 valence electrons. The molecule has 2 bridgehead atoms. The lowest BCUT2D eigenvalue weighted by Crippen LogP contribution is -2.44. The third-order valence-electron chi connectivity index (χ3n) is 8.79. The van der Waals surface area contributed by atoms with Crippen LogP contribution in [0.25, 0.3) is 0 Å². The number of nitrogens with zero attached hydrogens (tertiary/aromatic N) is 1. The van der Waals surface area contributed by atoms with Crippen LogP contribution in [0.15, 0.2) is 36.4 Å². The van der Waals surface area contributed by atoms with E-state index in [1.807, 2.05) is 0 Å². The molecule has 0 unspecified atom stereocenters. The average molecular weight is 463 g/mol. The van der Waals surface area contributed by atoms with Gasteiger partial charge in [-0.25, -0.2) is 4.79 Å². The Bertz CT molecular complexity index is 1030. The molecule has 3 amide bonds. The molecule has 6 aliphatic rings. The Balaban J connectivity index is 1.06. The predicted octanol–water partition coefficient (Wildman–Crippen LogP) is 3.41. The number of imide groups is 1. The van der Waals surface area contributed by atoms with Crippen molar-refractivity contribution in [3.05, 3.63) is 42.0 Å². The smallest absolute Gasteiger partial charge is 0.338 e. The molecule has 1 aromatic carbocycles. The van der Waals surface area contributed by atoms with Gasteiger partial charge in [-0.05, 0) is 87.0 Å². The molecule has 5 aliphatic carbocycles. The summed E-state index contributed by atoms with van der Waals surface area (Å²) >= 11 is 0. The zero-order valence-electron chi connectivity index (χ0n) is 19.3. The highest BCUT2D eigenvalue weighted by Gasteiger charge is 2.67. The minimum absolute atomic E-state index is 0.0364. The quantitative estimate of drug-likeness (QED) is 0.411. The Morgan fingerprint density at radius 1 is 0.941 bits per heavy atom. The highest BCUT2D eigenvalue weighted by atomic mass is 16.5. The van der Waals surface area contributed by atoms with Crippen LogP contribution in [0.4, 0.5) is 5.69 Å². The Kier molecular flexibility index (Phi) is 5.12. The van der Waals surface area contributed by atoms with Crippen LogP contribution >= 0.6 is 0 Å². The first-order valence-corrected chi connectivity index (χ1v) is 12.6. The monoisotopic (exact) mass is 462 g/mol. The second-order valence-corrected chi connectivity index (χ2v) is 10.5. The summed E-state index contributed by atoms with van der Waals surface area (Å²) in [6, 6.07) is 6.59. The van der Waals surface area contributed by atoms with E-state index in [2.05, 4.69) is 17.5 Å². The highest BCUT2D eigenvalue weighted by Crippen LogP contribution is 2.65. The molecule has 7 rings (SSSR count). The van der Waals surface area contributed by atoms with Crippen LogP contribution in [0, 0.1) is 41.4 Å². The number of rotatable bonds is 5. The van der Waals surface area contributed by atoms with Crippen molar-refractivity contribution in [1.82, 2.24) is 4.90 Å². The van der Waals surface area contributed by atoms with Gasteiger partial charge in [-0.3, -0.25) is 19.3 Å². The molecule has 0 radical (unpaired) electrons. The van der Waals surface area contributed by atoms with Gasteiger partial charge < -0.3 is 10.1 Å². The maximum atomic E-state index is 13.3. The molecule has 1 aliphatic heterocycles. The molecule has 1 N–H and O–H groups in total. The van der Waals surface area contributed by atoms with Crippen molar-refractivity contribution in [3.63, 3.8) is 0 Å². The molecule has 6 atom stereocenters. The van der Waals surface area contributed by atoms with Gasteiger partial charge in [0.15, 0.2) is 0 Å². The van der Waals surface area contributed by atoms with E-state index in [0.29, 0.717) is 55.4 Å². The van der Waals surface area contributed by atoms with E-state index in [1.54, 1.807) is 36.1 Å². The van der Waals surface area contributed by atoms with Crippen LogP contribution in [0.1, 0.15) is 49.4 Å². The SMILES string of the molecule is CCOC(=O)c1ccc(NC(=O)C2CCC(N3C(=O)[C@@H]4[C@H]5C=C[C@@H]([C@@H]6C[C@H]56)[C@@H]4C3=O)CC2)cc1. The third kappa shape index (κ3) is 3.31. The fourth-order valence-electron chi connectivity index (χ4n) is 7.08. The normalized spacial score (nSPS) is 37.3. The molecular formula is C27H30N2O5. The topological polar surface area (TPSA) is 92.8 Å².